The number of carbonyl (C=O) groups is 1. The molecule has 3 aromatic rings. The lowest BCUT2D eigenvalue weighted by Crippen LogP contribution is -2.15. The van der Waals surface area contributed by atoms with Crippen LogP contribution in [0.25, 0.3) is 17.0 Å². The fourth-order valence-electron chi connectivity index (χ4n) is 2.28. The maximum atomic E-state index is 12.1. The molecule has 3 rings (SSSR count). The third kappa shape index (κ3) is 3.35. The molecule has 0 unspecified atom stereocenters. The first kappa shape index (κ1) is 15.6. The number of hydrogen-bond donors (Lipinski definition) is 1. The molecule has 5 nitrogen and oxygen atoms in total. The molecule has 0 spiro atoms. The van der Waals surface area contributed by atoms with Crippen LogP contribution in [-0.4, -0.2) is 13.0 Å². The molecule has 1 aromatic heterocycles. The molecule has 24 heavy (non-hydrogen) atoms. The quantitative estimate of drug-likeness (QED) is 0.590. The normalized spacial score (nSPS) is 10.9. The Morgan fingerprint density at radius 2 is 1.92 bits per heavy atom. The van der Waals surface area contributed by atoms with Crippen molar-refractivity contribution in [2.75, 3.05) is 12.4 Å². The molecular weight excluding hydrogens is 306 g/mol. The van der Waals surface area contributed by atoms with Gasteiger partial charge in [0.1, 0.15) is 5.69 Å². The molecule has 0 radical (unpaired) electrons. The lowest BCUT2D eigenvalue weighted by atomic mass is 10.2. The number of carbonyl (C=O) groups excluding carboxylic acids is 1. The lowest BCUT2D eigenvalue weighted by Gasteiger charge is -2.06. The SMILES string of the molecule is COc1cccc2cc(NC(=O)/C=C/c3ccccc3)c(=O)oc12. The van der Waals surface area contributed by atoms with E-state index in [0.29, 0.717) is 16.7 Å². The summed E-state index contributed by atoms with van der Waals surface area (Å²) in [5, 5.41) is 3.20. The summed E-state index contributed by atoms with van der Waals surface area (Å²) < 4.78 is 10.4. The Hall–Kier alpha value is -3.34. The molecule has 0 atom stereocenters. The van der Waals surface area contributed by atoms with E-state index in [0.717, 1.165) is 5.56 Å². The first-order valence-corrected chi connectivity index (χ1v) is 7.32. The zero-order chi connectivity index (χ0) is 16.9. The van der Waals surface area contributed by atoms with Gasteiger partial charge in [-0.2, -0.15) is 0 Å². The van der Waals surface area contributed by atoms with Gasteiger partial charge in [0.25, 0.3) is 0 Å². The Morgan fingerprint density at radius 1 is 1.12 bits per heavy atom. The average Bonchev–Trinajstić information content (AvgIpc) is 2.61. The first-order chi connectivity index (χ1) is 11.7. The van der Waals surface area contributed by atoms with Crippen LogP contribution < -0.4 is 15.7 Å². The second-order valence-corrected chi connectivity index (χ2v) is 5.06. The third-order valence-corrected chi connectivity index (χ3v) is 3.43. The Labute approximate surface area is 138 Å². The number of para-hydroxylation sites is 1. The van der Waals surface area contributed by atoms with Gasteiger partial charge in [-0.15, -0.1) is 0 Å². The number of nitrogens with one attached hydrogen (secondary N) is 1. The van der Waals surface area contributed by atoms with Crippen LogP contribution in [0.2, 0.25) is 0 Å². The zero-order valence-electron chi connectivity index (χ0n) is 13.0. The standard InChI is InChI=1S/C19H15NO4/c1-23-16-9-5-8-14-12-15(19(22)24-18(14)16)20-17(21)11-10-13-6-3-2-4-7-13/h2-12H,1H3,(H,20,21)/b11-10+. The maximum Gasteiger partial charge on any atom is 0.360 e. The van der Waals surface area contributed by atoms with Crippen molar-refractivity contribution in [3.05, 3.63) is 76.7 Å². The number of hydrogen-bond acceptors (Lipinski definition) is 4. The predicted molar refractivity (Wildman–Crippen MR) is 93.1 cm³/mol. The third-order valence-electron chi connectivity index (χ3n) is 3.43. The summed E-state index contributed by atoms with van der Waals surface area (Å²) in [5.74, 6) is 0.0554. The highest BCUT2D eigenvalue weighted by Crippen LogP contribution is 2.25. The van der Waals surface area contributed by atoms with Crippen LogP contribution >= 0.6 is 0 Å². The van der Waals surface area contributed by atoms with Crippen molar-refractivity contribution in [1.29, 1.82) is 0 Å². The second-order valence-electron chi connectivity index (χ2n) is 5.06. The summed E-state index contributed by atoms with van der Waals surface area (Å²) in [6.45, 7) is 0. The van der Waals surface area contributed by atoms with E-state index < -0.39 is 11.5 Å². The molecule has 2 aromatic carbocycles. The van der Waals surface area contributed by atoms with Crippen molar-refractivity contribution in [3.8, 4) is 5.75 Å². The van der Waals surface area contributed by atoms with Crippen molar-refractivity contribution in [1.82, 2.24) is 0 Å². The van der Waals surface area contributed by atoms with E-state index in [4.69, 9.17) is 9.15 Å². The van der Waals surface area contributed by atoms with Crippen LogP contribution in [0.15, 0.2) is 69.9 Å². The minimum absolute atomic E-state index is 0.0819. The minimum atomic E-state index is -0.631. The monoisotopic (exact) mass is 321 g/mol. The highest BCUT2D eigenvalue weighted by atomic mass is 16.5. The molecule has 1 amide bonds. The number of rotatable bonds is 4. The molecule has 0 saturated heterocycles. The summed E-state index contributed by atoms with van der Waals surface area (Å²) >= 11 is 0. The van der Waals surface area contributed by atoms with Gasteiger partial charge in [-0.1, -0.05) is 42.5 Å². The molecule has 0 saturated carbocycles. The Bertz CT molecular complexity index is 958. The number of anilines is 1. The van der Waals surface area contributed by atoms with Gasteiger partial charge in [-0.3, -0.25) is 4.79 Å². The molecular formula is C19H15NO4. The van der Waals surface area contributed by atoms with Crippen LogP contribution in [0.5, 0.6) is 5.75 Å². The van der Waals surface area contributed by atoms with Gasteiger partial charge in [0.05, 0.1) is 7.11 Å². The van der Waals surface area contributed by atoms with Crippen LogP contribution in [-0.2, 0) is 4.79 Å². The Kier molecular flexibility index (Phi) is 4.43. The van der Waals surface area contributed by atoms with Gasteiger partial charge in [-0.05, 0) is 23.8 Å². The fraction of sp³-hybridized carbons (Fsp3) is 0.0526. The Balaban J connectivity index is 1.85. The van der Waals surface area contributed by atoms with E-state index in [2.05, 4.69) is 5.32 Å². The number of amides is 1. The first-order valence-electron chi connectivity index (χ1n) is 7.32. The van der Waals surface area contributed by atoms with Crippen molar-refractivity contribution >= 4 is 28.6 Å². The van der Waals surface area contributed by atoms with E-state index in [1.165, 1.54) is 13.2 Å². The molecule has 1 heterocycles. The highest BCUT2D eigenvalue weighted by molar-refractivity contribution is 6.02. The van der Waals surface area contributed by atoms with Crippen LogP contribution in [0.4, 0.5) is 5.69 Å². The number of ether oxygens (including phenoxy) is 1. The minimum Gasteiger partial charge on any atom is -0.493 e. The molecule has 0 aliphatic rings. The van der Waals surface area contributed by atoms with Crippen LogP contribution in [0.3, 0.4) is 0 Å². The molecule has 0 aliphatic heterocycles. The van der Waals surface area contributed by atoms with Gasteiger partial charge < -0.3 is 14.5 Å². The fourth-order valence-corrected chi connectivity index (χ4v) is 2.28. The molecule has 0 bridgehead atoms. The highest BCUT2D eigenvalue weighted by Gasteiger charge is 2.10. The van der Waals surface area contributed by atoms with Crippen molar-refractivity contribution in [2.45, 2.75) is 0 Å². The average molecular weight is 321 g/mol. The number of methoxy groups -OCH3 is 1. The van der Waals surface area contributed by atoms with E-state index in [1.54, 1.807) is 30.3 Å². The second kappa shape index (κ2) is 6.83. The summed E-state index contributed by atoms with van der Waals surface area (Å²) in [6, 6.07) is 16.2. The van der Waals surface area contributed by atoms with Gasteiger partial charge in [0, 0.05) is 11.5 Å². The summed E-state index contributed by atoms with van der Waals surface area (Å²) in [6.07, 6.45) is 3.03. The number of benzene rings is 2. The largest absolute Gasteiger partial charge is 0.493 e. The summed E-state index contributed by atoms with van der Waals surface area (Å²) in [5.41, 5.74) is 0.692. The van der Waals surface area contributed by atoms with Gasteiger partial charge in [-0.25, -0.2) is 4.79 Å². The topological polar surface area (TPSA) is 68.5 Å². The van der Waals surface area contributed by atoms with Crippen LogP contribution in [0, 0.1) is 0 Å². The maximum absolute atomic E-state index is 12.1. The molecule has 1 N–H and O–H groups in total. The zero-order valence-corrected chi connectivity index (χ0v) is 13.0. The van der Waals surface area contributed by atoms with E-state index in [-0.39, 0.29) is 5.69 Å². The van der Waals surface area contributed by atoms with Crippen molar-refractivity contribution < 1.29 is 13.9 Å². The van der Waals surface area contributed by atoms with E-state index >= 15 is 0 Å². The van der Waals surface area contributed by atoms with Gasteiger partial charge in [0.15, 0.2) is 11.3 Å². The smallest absolute Gasteiger partial charge is 0.360 e. The molecule has 0 fully saturated rings. The summed E-state index contributed by atoms with van der Waals surface area (Å²) in [4.78, 5) is 24.0. The summed E-state index contributed by atoms with van der Waals surface area (Å²) in [7, 11) is 1.50. The van der Waals surface area contributed by atoms with Gasteiger partial charge >= 0.3 is 5.63 Å². The van der Waals surface area contributed by atoms with E-state index in [1.807, 2.05) is 30.3 Å². The van der Waals surface area contributed by atoms with Crippen molar-refractivity contribution in [3.63, 3.8) is 0 Å². The molecule has 120 valence electrons. The van der Waals surface area contributed by atoms with Crippen molar-refractivity contribution in [2.24, 2.45) is 0 Å². The van der Waals surface area contributed by atoms with Crippen LogP contribution in [0.1, 0.15) is 5.56 Å². The lowest BCUT2D eigenvalue weighted by molar-refractivity contribution is -0.111. The molecule has 5 heteroatoms. The Morgan fingerprint density at radius 3 is 2.67 bits per heavy atom. The van der Waals surface area contributed by atoms with Gasteiger partial charge in [0.2, 0.25) is 5.91 Å². The van der Waals surface area contributed by atoms with E-state index in [9.17, 15) is 9.59 Å². The number of fused-ring (bicyclic) bond motifs is 1. The molecule has 0 aliphatic carbocycles. The predicted octanol–water partition coefficient (Wildman–Crippen LogP) is 3.45.